The maximum Gasteiger partial charge on any atom is 0.224 e. The van der Waals surface area contributed by atoms with Crippen molar-refractivity contribution in [1.29, 1.82) is 0 Å². The van der Waals surface area contributed by atoms with E-state index in [0.717, 1.165) is 40.9 Å². The van der Waals surface area contributed by atoms with E-state index in [-0.39, 0.29) is 29.9 Å². The first-order valence-corrected chi connectivity index (χ1v) is 10.2. The van der Waals surface area contributed by atoms with Gasteiger partial charge in [0.2, 0.25) is 5.91 Å². The summed E-state index contributed by atoms with van der Waals surface area (Å²) < 4.78 is 0. The van der Waals surface area contributed by atoms with E-state index < -0.39 is 0 Å². The van der Waals surface area contributed by atoms with E-state index in [4.69, 9.17) is 0 Å². The molecule has 0 aliphatic heterocycles. The molecule has 0 radical (unpaired) electrons. The first kappa shape index (κ1) is 24.4. The molecule has 0 bridgehead atoms. The molecule has 0 saturated carbocycles. The largest absolute Gasteiger partial charge is 0.357 e. The van der Waals surface area contributed by atoms with Crippen LogP contribution in [0, 0.1) is 13.8 Å². The van der Waals surface area contributed by atoms with Gasteiger partial charge in [-0.2, -0.15) is 0 Å². The Labute approximate surface area is 188 Å². The Kier molecular flexibility index (Phi) is 11.1. The molecule has 0 spiro atoms. The third kappa shape index (κ3) is 8.14. The van der Waals surface area contributed by atoms with Crippen LogP contribution in [-0.4, -0.2) is 23.4 Å². The van der Waals surface area contributed by atoms with Crippen molar-refractivity contribution in [3.8, 4) is 0 Å². The Balaban J connectivity index is 0.00000392. The molecular weight excluding hydrogens is 485 g/mol. The predicted octanol–water partition coefficient (Wildman–Crippen LogP) is 4.37. The number of aromatic nitrogens is 1. The number of aliphatic imine (C=N–C) groups is 1. The molecule has 2 aromatic rings. The molecule has 1 amide bonds. The van der Waals surface area contributed by atoms with E-state index in [9.17, 15) is 4.79 Å². The summed E-state index contributed by atoms with van der Waals surface area (Å²) in [4.78, 5) is 22.0. The number of amides is 1. The summed E-state index contributed by atoms with van der Waals surface area (Å²) in [5, 5.41) is 10.6. The molecule has 1 aromatic heterocycles. The number of aryl methyl sites for hydroxylation is 2. The second kappa shape index (κ2) is 12.7. The first-order valence-electron chi connectivity index (χ1n) is 9.35. The molecule has 3 N–H and O–H groups in total. The number of rotatable bonds is 8. The number of carbonyl (C=O) groups excluding carboxylic acids is 1. The van der Waals surface area contributed by atoms with Crippen LogP contribution in [0.5, 0.6) is 0 Å². The number of nitrogens with one attached hydrogen (secondary N) is 3. The number of carbonyl (C=O) groups is 1. The minimum absolute atomic E-state index is 0. The maximum absolute atomic E-state index is 11.6. The molecule has 2 rings (SSSR count). The lowest BCUT2D eigenvalue weighted by atomic mass is 10.2. The quantitative estimate of drug-likeness (QED) is 0.277. The van der Waals surface area contributed by atoms with Crippen molar-refractivity contribution in [3.63, 3.8) is 0 Å². The van der Waals surface area contributed by atoms with Gasteiger partial charge in [-0.05, 0) is 44.9 Å². The molecule has 28 heavy (non-hydrogen) atoms. The SMILES string of the molecule is CCCC(=O)Nc1ccc(CN=C(NCC)NCc2sc(C)nc2C)cc1.I. The summed E-state index contributed by atoms with van der Waals surface area (Å²) in [5.74, 6) is 0.832. The van der Waals surface area contributed by atoms with Crippen molar-refractivity contribution < 1.29 is 4.79 Å². The van der Waals surface area contributed by atoms with Gasteiger partial charge in [-0.15, -0.1) is 35.3 Å². The molecule has 1 heterocycles. The molecule has 0 saturated heterocycles. The minimum Gasteiger partial charge on any atom is -0.357 e. The van der Waals surface area contributed by atoms with E-state index in [0.29, 0.717) is 19.5 Å². The fraction of sp³-hybridized carbons (Fsp3) is 0.450. The van der Waals surface area contributed by atoms with Crippen molar-refractivity contribution in [2.75, 3.05) is 11.9 Å². The van der Waals surface area contributed by atoms with Crippen LogP contribution < -0.4 is 16.0 Å². The van der Waals surface area contributed by atoms with Crippen LogP contribution in [0.15, 0.2) is 29.3 Å². The average Bonchev–Trinajstić information content (AvgIpc) is 2.96. The Morgan fingerprint density at radius 3 is 2.43 bits per heavy atom. The van der Waals surface area contributed by atoms with Gasteiger partial charge in [0.05, 0.1) is 23.8 Å². The van der Waals surface area contributed by atoms with Gasteiger partial charge in [-0.3, -0.25) is 4.79 Å². The Morgan fingerprint density at radius 1 is 1.14 bits per heavy atom. The molecule has 6 nitrogen and oxygen atoms in total. The zero-order chi connectivity index (χ0) is 19.6. The number of nitrogens with zero attached hydrogens (tertiary/aromatic N) is 2. The zero-order valence-corrected chi connectivity index (χ0v) is 20.1. The topological polar surface area (TPSA) is 78.4 Å². The number of halogens is 1. The maximum atomic E-state index is 11.6. The van der Waals surface area contributed by atoms with Crippen molar-refractivity contribution in [3.05, 3.63) is 45.4 Å². The summed E-state index contributed by atoms with van der Waals surface area (Å²) in [7, 11) is 0. The third-order valence-corrected chi connectivity index (χ3v) is 4.97. The molecule has 154 valence electrons. The van der Waals surface area contributed by atoms with Crippen LogP contribution in [0.1, 0.15) is 47.8 Å². The van der Waals surface area contributed by atoms with E-state index in [1.807, 2.05) is 52.0 Å². The van der Waals surface area contributed by atoms with Crippen molar-refractivity contribution >= 4 is 52.9 Å². The molecule has 8 heteroatoms. The van der Waals surface area contributed by atoms with Crippen molar-refractivity contribution in [2.24, 2.45) is 4.99 Å². The van der Waals surface area contributed by atoms with E-state index in [1.165, 1.54) is 4.88 Å². The highest BCUT2D eigenvalue weighted by molar-refractivity contribution is 14.0. The summed E-state index contributed by atoms with van der Waals surface area (Å²) >= 11 is 1.71. The summed E-state index contributed by atoms with van der Waals surface area (Å²) in [6.07, 6.45) is 1.39. The van der Waals surface area contributed by atoms with E-state index >= 15 is 0 Å². The monoisotopic (exact) mass is 515 g/mol. The average molecular weight is 515 g/mol. The number of thiazole rings is 1. The highest BCUT2D eigenvalue weighted by Gasteiger charge is 2.06. The van der Waals surface area contributed by atoms with Gasteiger partial charge in [0, 0.05) is 23.5 Å². The number of hydrogen-bond acceptors (Lipinski definition) is 4. The fourth-order valence-electron chi connectivity index (χ4n) is 2.56. The number of benzene rings is 1. The highest BCUT2D eigenvalue weighted by atomic mass is 127. The van der Waals surface area contributed by atoms with Gasteiger partial charge in [0.15, 0.2) is 5.96 Å². The second-order valence-electron chi connectivity index (χ2n) is 6.29. The lowest BCUT2D eigenvalue weighted by molar-refractivity contribution is -0.116. The molecule has 0 unspecified atom stereocenters. The molecule has 0 aliphatic rings. The van der Waals surface area contributed by atoms with Gasteiger partial charge in [0.25, 0.3) is 0 Å². The summed E-state index contributed by atoms with van der Waals surface area (Å²) in [5.41, 5.74) is 2.98. The minimum atomic E-state index is 0. The van der Waals surface area contributed by atoms with Gasteiger partial charge in [-0.25, -0.2) is 9.98 Å². The van der Waals surface area contributed by atoms with Gasteiger partial charge in [0.1, 0.15) is 0 Å². The Bertz CT molecular complexity index is 773. The lowest BCUT2D eigenvalue weighted by Crippen LogP contribution is -2.36. The van der Waals surface area contributed by atoms with Crippen LogP contribution in [0.4, 0.5) is 5.69 Å². The van der Waals surface area contributed by atoms with Crippen LogP contribution in [-0.2, 0) is 17.9 Å². The summed E-state index contributed by atoms with van der Waals surface area (Å²) in [6.45, 7) is 10.2. The Hall–Kier alpha value is -1.68. The second-order valence-corrected chi connectivity index (χ2v) is 7.57. The molecule has 0 aliphatic carbocycles. The highest BCUT2D eigenvalue weighted by Crippen LogP contribution is 2.16. The van der Waals surface area contributed by atoms with Gasteiger partial charge < -0.3 is 16.0 Å². The first-order chi connectivity index (χ1) is 13.0. The van der Waals surface area contributed by atoms with Crippen LogP contribution in [0.25, 0.3) is 0 Å². The normalized spacial score (nSPS) is 10.9. The van der Waals surface area contributed by atoms with Crippen LogP contribution >= 0.6 is 35.3 Å². The molecule has 0 atom stereocenters. The molecule has 1 aromatic carbocycles. The summed E-state index contributed by atoms with van der Waals surface area (Å²) in [6, 6.07) is 7.82. The number of hydrogen-bond donors (Lipinski definition) is 3. The molecular formula is C20H30IN5OS. The fourth-order valence-corrected chi connectivity index (χ4v) is 3.43. The van der Waals surface area contributed by atoms with Gasteiger partial charge in [-0.1, -0.05) is 19.1 Å². The number of guanidine groups is 1. The van der Waals surface area contributed by atoms with Crippen LogP contribution in [0.2, 0.25) is 0 Å². The van der Waals surface area contributed by atoms with Gasteiger partial charge >= 0.3 is 0 Å². The zero-order valence-electron chi connectivity index (χ0n) is 17.0. The van der Waals surface area contributed by atoms with Crippen molar-refractivity contribution in [1.82, 2.24) is 15.6 Å². The van der Waals surface area contributed by atoms with Crippen LogP contribution in [0.3, 0.4) is 0 Å². The standard InChI is InChI=1S/C20H29N5OS.HI/c1-5-7-19(26)25-17-10-8-16(9-11-17)12-22-20(21-6-2)23-13-18-14(3)24-15(4)27-18;/h8-11H,5-7,12-13H2,1-4H3,(H,25,26)(H2,21,22,23);1H. The van der Waals surface area contributed by atoms with E-state index in [2.05, 4.69) is 25.9 Å². The molecule has 0 fully saturated rings. The Morgan fingerprint density at radius 2 is 1.86 bits per heavy atom. The van der Waals surface area contributed by atoms with Crippen molar-refractivity contribution in [2.45, 2.75) is 53.6 Å². The lowest BCUT2D eigenvalue weighted by Gasteiger charge is -2.11. The smallest absolute Gasteiger partial charge is 0.224 e. The third-order valence-electron chi connectivity index (χ3n) is 3.89. The van der Waals surface area contributed by atoms with E-state index in [1.54, 1.807) is 11.3 Å². The number of anilines is 1. The predicted molar refractivity (Wildman–Crippen MR) is 129 cm³/mol.